The summed E-state index contributed by atoms with van der Waals surface area (Å²) in [5.41, 5.74) is 4.54. The lowest BCUT2D eigenvalue weighted by Crippen LogP contribution is -2.13. The number of anilines is 1. The largest absolute Gasteiger partial charge is 0.354 e. The maximum Gasteiger partial charge on any atom is 0.224 e. The lowest BCUT2D eigenvalue weighted by Gasteiger charge is -2.09. The number of hydrogen-bond donors (Lipinski definition) is 2. The second-order valence-electron chi connectivity index (χ2n) is 7.23. The molecule has 0 radical (unpaired) electrons. The first-order chi connectivity index (χ1) is 12.2. The van der Waals surface area contributed by atoms with Gasteiger partial charge in [0.05, 0.1) is 5.52 Å². The van der Waals surface area contributed by atoms with Gasteiger partial charge in [0.1, 0.15) is 5.65 Å². The van der Waals surface area contributed by atoms with E-state index in [-0.39, 0.29) is 0 Å². The minimum absolute atomic E-state index is 0.429. The number of aromatic amines is 1. The number of nitrogens with one attached hydrogen (secondary N) is 2. The molecule has 0 bridgehead atoms. The zero-order valence-corrected chi connectivity index (χ0v) is 14.1. The molecule has 0 atom stereocenters. The Morgan fingerprint density at radius 3 is 3.00 bits per heavy atom. The van der Waals surface area contributed by atoms with E-state index in [4.69, 9.17) is 0 Å². The van der Waals surface area contributed by atoms with Crippen molar-refractivity contribution in [1.82, 2.24) is 19.9 Å². The summed E-state index contributed by atoms with van der Waals surface area (Å²) in [6.07, 6.45) is 8.29. The molecule has 0 unspecified atom stereocenters. The molecule has 0 spiro atoms. The van der Waals surface area contributed by atoms with Gasteiger partial charge >= 0.3 is 0 Å². The number of pyridine rings is 1. The third kappa shape index (κ3) is 2.61. The summed E-state index contributed by atoms with van der Waals surface area (Å²) in [6, 6.07) is 10.3. The molecule has 0 aliphatic heterocycles. The summed E-state index contributed by atoms with van der Waals surface area (Å²) in [4.78, 5) is 16.8. The van der Waals surface area contributed by atoms with Gasteiger partial charge in [0.15, 0.2) is 0 Å². The first-order valence-corrected chi connectivity index (χ1v) is 8.63. The van der Waals surface area contributed by atoms with Gasteiger partial charge in [0.25, 0.3) is 0 Å². The molecule has 3 aromatic heterocycles. The Bertz CT molecular complexity index is 1080. The second-order valence-corrected chi connectivity index (χ2v) is 7.23. The van der Waals surface area contributed by atoms with E-state index in [1.165, 1.54) is 12.8 Å². The van der Waals surface area contributed by atoms with E-state index in [1.807, 2.05) is 24.7 Å². The number of benzene rings is 1. The molecule has 0 amide bonds. The van der Waals surface area contributed by atoms with Gasteiger partial charge in [-0.1, -0.05) is 19.1 Å². The van der Waals surface area contributed by atoms with E-state index in [1.54, 1.807) is 0 Å². The highest BCUT2D eigenvalue weighted by Crippen LogP contribution is 2.44. The van der Waals surface area contributed by atoms with Crippen molar-refractivity contribution in [2.24, 2.45) is 5.41 Å². The van der Waals surface area contributed by atoms with E-state index in [0.29, 0.717) is 11.4 Å². The lowest BCUT2D eigenvalue weighted by molar-refractivity contribution is 0.608. The van der Waals surface area contributed by atoms with Gasteiger partial charge in [0, 0.05) is 41.5 Å². The van der Waals surface area contributed by atoms with Crippen molar-refractivity contribution in [1.29, 1.82) is 0 Å². The SMILES string of the molecule is CC1(CNc2ncc3c(-c4ccc5ncccc5c4)c[nH]c3n2)CC1. The van der Waals surface area contributed by atoms with E-state index >= 15 is 0 Å². The first kappa shape index (κ1) is 14.4. The van der Waals surface area contributed by atoms with Crippen molar-refractivity contribution in [3.63, 3.8) is 0 Å². The number of fused-ring (bicyclic) bond motifs is 2. The standard InChI is InChI=1S/C20H19N5/c1-20(6-7-20)12-24-19-23-11-16-15(10-22-18(16)25-19)13-4-5-17-14(9-13)3-2-8-21-17/h2-5,8-11H,6-7,12H2,1H3,(H2,22,23,24,25). The fourth-order valence-corrected chi connectivity index (χ4v) is 3.16. The van der Waals surface area contributed by atoms with Crippen LogP contribution in [0, 0.1) is 5.41 Å². The molecule has 1 aliphatic carbocycles. The Labute approximate surface area is 145 Å². The molecule has 1 fully saturated rings. The topological polar surface area (TPSA) is 66.5 Å². The molecule has 0 saturated heterocycles. The average molecular weight is 329 g/mol. The summed E-state index contributed by atoms with van der Waals surface area (Å²) in [5.74, 6) is 0.691. The molecule has 4 aromatic rings. The van der Waals surface area contributed by atoms with Gasteiger partial charge in [0.2, 0.25) is 5.95 Å². The van der Waals surface area contributed by atoms with Gasteiger partial charge in [-0.25, -0.2) is 4.98 Å². The maximum absolute atomic E-state index is 4.62. The fraction of sp³-hybridized carbons (Fsp3) is 0.250. The van der Waals surface area contributed by atoms with Crippen LogP contribution in [0.5, 0.6) is 0 Å². The minimum atomic E-state index is 0.429. The van der Waals surface area contributed by atoms with Crippen molar-refractivity contribution >= 4 is 27.9 Å². The number of nitrogens with zero attached hydrogens (tertiary/aromatic N) is 3. The van der Waals surface area contributed by atoms with Crippen LogP contribution in [0.3, 0.4) is 0 Å². The Balaban J connectivity index is 1.50. The van der Waals surface area contributed by atoms with Crippen molar-refractivity contribution in [2.75, 3.05) is 11.9 Å². The predicted octanol–water partition coefficient (Wildman–Crippen LogP) is 4.39. The molecule has 2 N–H and O–H groups in total. The molecule has 25 heavy (non-hydrogen) atoms. The third-order valence-corrected chi connectivity index (χ3v) is 5.12. The van der Waals surface area contributed by atoms with E-state index in [9.17, 15) is 0 Å². The predicted molar refractivity (Wildman–Crippen MR) is 100 cm³/mol. The van der Waals surface area contributed by atoms with Gasteiger partial charge in [-0.15, -0.1) is 0 Å². The van der Waals surface area contributed by atoms with Crippen molar-refractivity contribution in [3.8, 4) is 11.1 Å². The number of rotatable bonds is 4. The van der Waals surface area contributed by atoms with Crippen molar-refractivity contribution in [3.05, 3.63) is 48.9 Å². The van der Waals surface area contributed by atoms with Crippen LogP contribution < -0.4 is 5.32 Å². The molecule has 124 valence electrons. The molecular formula is C20H19N5. The van der Waals surface area contributed by atoms with Gasteiger partial charge in [-0.05, 0) is 42.0 Å². The van der Waals surface area contributed by atoms with Crippen LogP contribution >= 0.6 is 0 Å². The minimum Gasteiger partial charge on any atom is -0.354 e. The van der Waals surface area contributed by atoms with Gasteiger partial charge in [-0.2, -0.15) is 4.98 Å². The Kier molecular flexibility index (Phi) is 3.04. The highest BCUT2D eigenvalue weighted by molar-refractivity contribution is 5.96. The second kappa shape index (κ2) is 5.28. The van der Waals surface area contributed by atoms with E-state index in [0.717, 1.165) is 39.6 Å². The van der Waals surface area contributed by atoms with Crippen LogP contribution in [0.15, 0.2) is 48.9 Å². The van der Waals surface area contributed by atoms with Crippen LogP contribution in [-0.2, 0) is 0 Å². The van der Waals surface area contributed by atoms with Crippen molar-refractivity contribution in [2.45, 2.75) is 19.8 Å². The molecule has 1 aliphatic rings. The smallest absolute Gasteiger partial charge is 0.224 e. The Morgan fingerprint density at radius 1 is 1.20 bits per heavy atom. The average Bonchev–Trinajstić information content (AvgIpc) is 3.24. The Morgan fingerprint density at radius 2 is 2.12 bits per heavy atom. The Hall–Kier alpha value is -2.95. The van der Waals surface area contributed by atoms with E-state index in [2.05, 4.69) is 56.4 Å². The summed E-state index contributed by atoms with van der Waals surface area (Å²) in [6.45, 7) is 3.23. The molecular weight excluding hydrogens is 310 g/mol. The lowest BCUT2D eigenvalue weighted by atomic mass is 10.0. The van der Waals surface area contributed by atoms with Crippen LogP contribution in [0.2, 0.25) is 0 Å². The molecule has 5 rings (SSSR count). The van der Waals surface area contributed by atoms with Gasteiger partial charge < -0.3 is 10.3 Å². The summed E-state index contributed by atoms with van der Waals surface area (Å²) >= 11 is 0. The molecule has 5 heteroatoms. The molecule has 5 nitrogen and oxygen atoms in total. The van der Waals surface area contributed by atoms with Crippen LogP contribution in [0.25, 0.3) is 33.1 Å². The number of H-pyrrole nitrogens is 1. The monoisotopic (exact) mass is 329 g/mol. The maximum atomic E-state index is 4.62. The highest BCUT2D eigenvalue weighted by Gasteiger charge is 2.36. The molecule has 3 heterocycles. The summed E-state index contributed by atoms with van der Waals surface area (Å²) in [7, 11) is 0. The van der Waals surface area contributed by atoms with Crippen LogP contribution in [-0.4, -0.2) is 26.5 Å². The normalized spacial score (nSPS) is 15.6. The molecule has 1 saturated carbocycles. The zero-order chi connectivity index (χ0) is 16.9. The van der Waals surface area contributed by atoms with E-state index < -0.39 is 0 Å². The fourth-order valence-electron chi connectivity index (χ4n) is 3.16. The zero-order valence-electron chi connectivity index (χ0n) is 14.1. The van der Waals surface area contributed by atoms with Crippen LogP contribution in [0.4, 0.5) is 5.95 Å². The highest BCUT2D eigenvalue weighted by atomic mass is 15.1. The summed E-state index contributed by atoms with van der Waals surface area (Å²) in [5, 5.41) is 5.53. The molecule has 1 aromatic carbocycles. The van der Waals surface area contributed by atoms with Crippen molar-refractivity contribution < 1.29 is 0 Å². The van der Waals surface area contributed by atoms with Gasteiger partial charge in [-0.3, -0.25) is 4.98 Å². The summed E-state index contributed by atoms with van der Waals surface area (Å²) < 4.78 is 0. The number of hydrogen-bond acceptors (Lipinski definition) is 4. The first-order valence-electron chi connectivity index (χ1n) is 8.63. The van der Waals surface area contributed by atoms with Crippen LogP contribution in [0.1, 0.15) is 19.8 Å². The number of aromatic nitrogens is 4. The third-order valence-electron chi connectivity index (χ3n) is 5.12. The quantitative estimate of drug-likeness (QED) is 0.583.